The van der Waals surface area contributed by atoms with Gasteiger partial charge in [0.1, 0.15) is 0 Å². The Hall–Kier alpha value is -2.09. The minimum Gasteiger partial charge on any atom is -0.481 e. The van der Waals surface area contributed by atoms with Crippen molar-refractivity contribution in [1.82, 2.24) is 0 Å². The average Bonchev–Trinajstić information content (AvgIpc) is 3.09. The monoisotopic (exact) mass is 951 g/mol. The van der Waals surface area contributed by atoms with E-state index in [4.69, 9.17) is 0 Å². The van der Waals surface area contributed by atoms with Gasteiger partial charge >= 0.3 is 5.97 Å². The summed E-state index contributed by atoms with van der Waals surface area (Å²) in [5.74, 6) is -0.742. The van der Waals surface area contributed by atoms with Crippen molar-refractivity contribution < 1.29 is 9.90 Å². The second-order valence-corrected chi connectivity index (χ2v) is 31.9. The summed E-state index contributed by atoms with van der Waals surface area (Å²) in [5.41, 5.74) is 5.80. The highest BCUT2D eigenvalue weighted by Crippen LogP contribution is 2.47. The second-order valence-electron chi connectivity index (χ2n) is 31.9. The standard InChI is InChI=1S/C14H20O2.C13H20.C12H26.C10H22.C9H20.C8H18/c1-5-14(12(15)16,13(2,3)4)11-9-7-6-8-10-11;1-12(2,3)13(4,5)11-9-7-6-8-10-11;1-10(2,3)9-12(7,8)11(4,5)6;1-9(2,3)7-8-10(4,5)6;1-7-9(5,6)8(2,3)4;1-7(2,3)8(4,5)6/h6-10H,5H2,1-4H3,(H,15,16);6-10H,1-5H3;9H2,1-8H3;7-8H2,1-6H3;7H2,1-6H3;1-6H3. The van der Waals surface area contributed by atoms with Gasteiger partial charge in [0.2, 0.25) is 0 Å². The number of rotatable bonds is 7. The number of hydrogen-bond acceptors (Lipinski definition) is 1. The van der Waals surface area contributed by atoms with E-state index in [1.807, 2.05) is 58.0 Å². The Bertz CT molecular complexity index is 1590. The molecule has 0 aliphatic carbocycles. The molecule has 0 saturated heterocycles. The maximum atomic E-state index is 11.7. The van der Waals surface area contributed by atoms with Gasteiger partial charge in [0, 0.05) is 0 Å². The molecule has 0 radical (unpaired) electrons. The molecule has 1 atom stereocenters. The number of carboxylic acids is 1. The molecule has 0 aliphatic rings. The van der Waals surface area contributed by atoms with Crippen LogP contribution in [0, 0.1) is 59.6 Å². The van der Waals surface area contributed by atoms with Gasteiger partial charge in [-0.05, 0) is 102 Å². The summed E-state index contributed by atoms with van der Waals surface area (Å²) in [6.45, 7) is 79.3. The van der Waals surface area contributed by atoms with Crippen LogP contribution in [-0.2, 0) is 15.6 Å². The molecule has 2 rings (SSSR count). The Morgan fingerprint density at radius 2 is 0.647 bits per heavy atom. The number of hydrogen-bond donors (Lipinski definition) is 1. The van der Waals surface area contributed by atoms with E-state index in [9.17, 15) is 9.90 Å². The van der Waals surface area contributed by atoms with Crippen LogP contribution in [0.15, 0.2) is 60.7 Å². The van der Waals surface area contributed by atoms with Gasteiger partial charge < -0.3 is 5.11 Å². The third kappa shape index (κ3) is 27.5. The minimum absolute atomic E-state index is 0.230. The highest BCUT2D eigenvalue weighted by Gasteiger charge is 2.48. The lowest BCUT2D eigenvalue weighted by atomic mass is 9.61. The van der Waals surface area contributed by atoms with Crippen LogP contribution in [0.1, 0.15) is 286 Å². The lowest BCUT2D eigenvalue weighted by molar-refractivity contribution is -0.148. The molecule has 0 heterocycles. The molecule has 1 unspecified atom stereocenters. The zero-order valence-electron chi connectivity index (χ0n) is 53.2. The predicted molar refractivity (Wildman–Crippen MR) is 312 cm³/mol. The normalized spacial score (nSPS) is 14.3. The van der Waals surface area contributed by atoms with Crippen molar-refractivity contribution in [1.29, 1.82) is 0 Å². The summed E-state index contributed by atoms with van der Waals surface area (Å²) in [4.78, 5) is 11.7. The van der Waals surface area contributed by atoms with Crippen LogP contribution in [0.2, 0.25) is 0 Å². The molecule has 402 valence electrons. The van der Waals surface area contributed by atoms with Crippen molar-refractivity contribution in [2.24, 2.45) is 59.6 Å². The lowest BCUT2D eigenvalue weighted by Gasteiger charge is -2.43. The van der Waals surface area contributed by atoms with E-state index in [0.29, 0.717) is 60.6 Å². The molecule has 2 nitrogen and oxygen atoms in total. The molecule has 2 heteroatoms. The smallest absolute Gasteiger partial charge is 0.314 e. The largest absolute Gasteiger partial charge is 0.481 e. The fourth-order valence-corrected chi connectivity index (χ4v) is 6.64. The van der Waals surface area contributed by atoms with Crippen molar-refractivity contribution in [3.8, 4) is 0 Å². The van der Waals surface area contributed by atoms with Crippen LogP contribution in [0.4, 0.5) is 0 Å². The molecular formula is C66H126O2. The van der Waals surface area contributed by atoms with Crippen LogP contribution in [0.3, 0.4) is 0 Å². The van der Waals surface area contributed by atoms with Gasteiger partial charge in [0.25, 0.3) is 0 Å². The van der Waals surface area contributed by atoms with Gasteiger partial charge in [-0.3, -0.25) is 4.79 Å². The number of aliphatic carboxylic acids is 1. The number of carboxylic acid groups (broad SMARTS) is 1. The van der Waals surface area contributed by atoms with Gasteiger partial charge in [0.15, 0.2) is 0 Å². The lowest BCUT2D eigenvalue weighted by Crippen LogP contribution is -2.46. The fraction of sp³-hybridized carbons (Fsp3) is 0.803. The van der Waals surface area contributed by atoms with Crippen molar-refractivity contribution in [3.63, 3.8) is 0 Å². The Morgan fingerprint density at radius 3 is 0.794 bits per heavy atom. The van der Waals surface area contributed by atoms with Crippen LogP contribution < -0.4 is 0 Å². The average molecular weight is 952 g/mol. The van der Waals surface area contributed by atoms with E-state index < -0.39 is 11.4 Å². The van der Waals surface area contributed by atoms with Crippen LogP contribution >= 0.6 is 0 Å². The van der Waals surface area contributed by atoms with Crippen molar-refractivity contribution in [2.45, 2.75) is 285 Å². The molecule has 0 aromatic heterocycles. The third-order valence-corrected chi connectivity index (χ3v) is 16.6. The van der Waals surface area contributed by atoms with Gasteiger partial charge in [-0.15, -0.1) is 0 Å². The fourth-order valence-electron chi connectivity index (χ4n) is 6.64. The van der Waals surface area contributed by atoms with Crippen molar-refractivity contribution in [3.05, 3.63) is 71.8 Å². The number of carbonyl (C=O) groups is 1. The highest BCUT2D eigenvalue weighted by atomic mass is 16.4. The first-order valence-electron chi connectivity index (χ1n) is 26.8. The molecule has 2 aromatic carbocycles. The van der Waals surface area contributed by atoms with E-state index in [1.54, 1.807) is 0 Å². The highest BCUT2D eigenvalue weighted by molar-refractivity contribution is 5.82. The van der Waals surface area contributed by atoms with Gasteiger partial charge in [-0.2, -0.15) is 0 Å². The van der Waals surface area contributed by atoms with E-state index in [0.717, 1.165) is 5.56 Å². The van der Waals surface area contributed by atoms with Crippen molar-refractivity contribution >= 4 is 5.97 Å². The van der Waals surface area contributed by atoms with E-state index in [1.165, 1.54) is 31.2 Å². The molecule has 0 aliphatic heterocycles. The molecule has 0 saturated carbocycles. The molecule has 68 heavy (non-hydrogen) atoms. The summed E-state index contributed by atoms with van der Waals surface area (Å²) >= 11 is 0. The SMILES string of the molecule is CC(C)(C)C(C)(C)C.CC(C)(C)C(C)(C)c1ccccc1.CC(C)(C)CC(C)(C)C(C)(C)C.CC(C)(C)CCC(C)(C)C.CCC(C(=O)O)(c1ccccc1)C(C)(C)C.CCC(C)(C)C(C)(C)C. The Morgan fingerprint density at radius 1 is 0.353 bits per heavy atom. The van der Waals surface area contributed by atoms with E-state index in [-0.39, 0.29) is 10.8 Å². The zero-order valence-corrected chi connectivity index (χ0v) is 53.2. The summed E-state index contributed by atoms with van der Waals surface area (Å²) in [5, 5.41) is 9.61. The zero-order chi connectivity index (χ0) is 55.8. The van der Waals surface area contributed by atoms with E-state index in [2.05, 4.69) is 245 Å². The van der Waals surface area contributed by atoms with Gasteiger partial charge in [-0.25, -0.2) is 0 Å². The maximum absolute atomic E-state index is 11.7. The summed E-state index contributed by atoms with van der Waals surface area (Å²) in [6, 6.07) is 20.2. The van der Waals surface area contributed by atoms with Crippen LogP contribution in [-0.4, -0.2) is 11.1 Å². The third-order valence-electron chi connectivity index (χ3n) is 16.6. The molecule has 0 spiro atoms. The maximum Gasteiger partial charge on any atom is 0.314 e. The Labute approximate surface area is 430 Å². The number of benzene rings is 2. The first-order valence-corrected chi connectivity index (χ1v) is 26.8. The molecule has 1 N–H and O–H groups in total. The van der Waals surface area contributed by atoms with E-state index >= 15 is 0 Å². The van der Waals surface area contributed by atoms with Crippen LogP contribution in [0.5, 0.6) is 0 Å². The predicted octanol–water partition coefficient (Wildman–Crippen LogP) is 22.4. The molecule has 0 amide bonds. The van der Waals surface area contributed by atoms with Gasteiger partial charge in [-0.1, -0.05) is 309 Å². The molecule has 0 fully saturated rings. The molecule has 0 bridgehead atoms. The Kier molecular flexibility index (Phi) is 28.3. The Balaban J connectivity index is -0.000000367. The first kappa shape index (κ1) is 72.5. The van der Waals surface area contributed by atoms with Crippen LogP contribution in [0.25, 0.3) is 0 Å². The van der Waals surface area contributed by atoms with Crippen molar-refractivity contribution in [2.75, 3.05) is 0 Å². The molecular weight excluding hydrogens is 825 g/mol. The molecule has 2 aromatic rings. The summed E-state index contributed by atoms with van der Waals surface area (Å²) in [6.07, 6.45) is 5.79. The first-order chi connectivity index (χ1) is 29.4. The quantitative estimate of drug-likeness (QED) is 0.300. The minimum atomic E-state index is -0.811. The van der Waals surface area contributed by atoms with Gasteiger partial charge in [0.05, 0.1) is 5.41 Å². The second kappa shape index (κ2) is 26.6. The summed E-state index contributed by atoms with van der Waals surface area (Å²) < 4.78 is 0. The topological polar surface area (TPSA) is 37.3 Å². The summed E-state index contributed by atoms with van der Waals surface area (Å²) in [7, 11) is 0.